The monoisotopic (exact) mass is 270 g/mol. The third kappa shape index (κ3) is 2.59. The van der Waals surface area contributed by atoms with Crippen molar-refractivity contribution in [2.75, 3.05) is 7.11 Å². The molecule has 0 N–H and O–H groups in total. The van der Waals surface area contributed by atoms with Crippen molar-refractivity contribution in [1.82, 2.24) is 0 Å². The SMILES string of the molecule is COc1c(Br)c(C)cc(C)c1CC(C)=O. The fourth-order valence-corrected chi connectivity index (χ4v) is 2.16. The molecule has 0 saturated heterocycles. The van der Waals surface area contributed by atoms with Crippen molar-refractivity contribution < 1.29 is 9.53 Å². The standard InChI is InChI=1S/C12H15BrO2/c1-7-5-8(2)11(13)12(15-4)10(7)6-9(3)14/h5H,6H2,1-4H3. The highest BCUT2D eigenvalue weighted by molar-refractivity contribution is 9.10. The molecule has 0 aromatic heterocycles. The summed E-state index contributed by atoms with van der Waals surface area (Å²) >= 11 is 3.48. The number of halogens is 1. The minimum absolute atomic E-state index is 0.146. The van der Waals surface area contributed by atoms with E-state index < -0.39 is 0 Å². The van der Waals surface area contributed by atoms with E-state index >= 15 is 0 Å². The van der Waals surface area contributed by atoms with Crippen LogP contribution in [0.15, 0.2) is 10.5 Å². The van der Waals surface area contributed by atoms with Crippen molar-refractivity contribution in [3.63, 3.8) is 0 Å². The Morgan fingerprint density at radius 3 is 2.47 bits per heavy atom. The number of aryl methyl sites for hydroxylation is 2. The molecule has 0 aliphatic heterocycles. The zero-order valence-electron chi connectivity index (χ0n) is 9.48. The van der Waals surface area contributed by atoms with Gasteiger partial charge in [0.15, 0.2) is 0 Å². The number of ether oxygens (including phenoxy) is 1. The van der Waals surface area contributed by atoms with Crippen LogP contribution in [0.2, 0.25) is 0 Å². The minimum Gasteiger partial charge on any atom is -0.495 e. The molecule has 3 heteroatoms. The lowest BCUT2D eigenvalue weighted by Crippen LogP contribution is -2.03. The maximum absolute atomic E-state index is 11.2. The molecule has 0 amide bonds. The molecule has 15 heavy (non-hydrogen) atoms. The summed E-state index contributed by atoms with van der Waals surface area (Å²) in [5.41, 5.74) is 3.20. The molecule has 1 aromatic rings. The van der Waals surface area contributed by atoms with Crippen LogP contribution in [0.1, 0.15) is 23.6 Å². The van der Waals surface area contributed by atoms with Gasteiger partial charge < -0.3 is 4.74 Å². The third-order valence-electron chi connectivity index (χ3n) is 2.36. The minimum atomic E-state index is 0.146. The van der Waals surface area contributed by atoms with Gasteiger partial charge in [-0.25, -0.2) is 0 Å². The normalized spacial score (nSPS) is 10.2. The molecule has 0 radical (unpaired) electrons. The molecule has 0 heterocycles. The van der Waals surface area contributed by atoms with Gasteiger partial charge >= 0.3 is 0 Å². The summed E-state index contributed by atoms with van der Waals surface area (Å²) < 4.78 is 6.28. The number of Topliss-reactive ketones (excluding diaryl/α,β-unsaturated/α-hetero) is 1. The average molecular weight is 271 g/mol. The van der Waals surface area contributed by atoms with Gasteiger partial charge in [-0.15, -0.1) is 0 Å². The Morgan fingerprint density at radius 2 is 2.00 bits per heavy atom. The van der Waals surface area contributed by atoms with E-state index in [2.05, 4.69) is 22.0 Å². The van der Waals surface area contributed by atoms with E-state index in [9.17, 15) is 4.79 Å². The number of benzene rings is 1. The van der Waals surface area contributed by atoms with Gasteiger partial charge in [-0.05, 0) is 47.8 Å². The van der Waals surface area contributed by atoms with E-state index in [-0.39, 0.29) is 5.78 Å². The van der Waals surface area contributed by atoms with Crippen molar-refractivity contribution in [2.24, 2.45) is 0 Å². The molecule has 0 aliphatic rings. The van der Waals surface area contributed by atoms with Crippen LogP contribution in [0.5, 0.6) is 5.75 Å². The lowest BCUT2D eigenvalue weighted by atomic mass is 10.00. The van der Waals surface area contributed by atoms with E-state index in [1.807, 2.05) is 13.8 Å². The summed E-state index contributed by atoms with van der Waals surface area (Å²) in [6.07, 6.45) is 0.424. The summed E-state index contributed by atoms with van der Waals surface area (Å²) in [5, 5.41) is 0. The molecule has 0 bridgehead atoms. The molecule has 1 aromatic carbocycles. The second-order valence-corrected chi connectivity index (χ2v) is 4.51. The first-order chi connectivity index (χ1) is 6.97. The van der Waals surface area contributed by atoms with Crippen molar-refractivity contribution in [3.8, 4) is 5.75 Å². The van der Waals surface area contributed by atoms with Gasteiger partial charge in [-0.1, -0.05) is 6.07 Å². The first-order valence-corrected chi connectivity index (χ1v) is 5.58. The first-order valence-electron chi connectivity index (χ1n) is 4.79. The molecule has 0 saturated carbocycles. The summed E-state index contributed by atoms with van der Waals surface area (Å²) in [6.45, 7) is 5.60. The van der Waals surface area contributed by atoms with Crippen LogP contribution in [0.3, 0.4) is 0 Å². The van der Waals surface area contributed by atoms with Gasteiger partial charge in [-0.2, -0.15) is 0 Å². The van der Waals surface area contributed by atoms with Crippen LogP contribution in [0, 0.1) is 13.8 Å². The number of carbonyl (C=O) groups is 1. The Hall–Kier alpha value is -0.830. The maximum Gasteiger partial charge on any atom is 0.137 e. The van der Waals surface area contributed by atoms with E-state index in [1.165, 1.54) is 0 Å². The lowest BCUT2D eigenvalue weighted by Gasteiger charge is -2.14. The Kier molecular flexibility index (Phi) is 3.91. The fourth-order valence-electron chi connectivity index (χ4n) is 1.65. The average Bonchev–Trinajstić information content (AvgIpc) is 2.14. The first kappa shape index (κ1) is 12.2. The largest absolute Gasteiger partial charge is 0.495 e. The molecular weight excluding hydrogens is 256 g/mol. The summed E-state index contributed by atoms with van der Waals surface area (Å²) in [6, 6.07) is 2.06. The molecule has 2 nitrogen and oxygen atoms in total. The predicted octanol–water partition coefficient (Wildman–Crippen LogP) is 3.21. The van der Waals surface area contributed by atoms with E-state index in [0.717, 1.165) is 26.9 Å². The summed E-state index contributed by atoms with van der Waals surface area (Å²) in [5.74, 6) is 0.926. The second kappa shape index (κ2) is 4.79. The number of carbonyl (C=O) groups excluding carboxylic acids is 1. The molecular formula is C12H15BrO2. The number of hydrogen-bond acceptors (Lipinski definition) is 2. The number of rotatable bonds is 3. The fraction of sp³-hybridized carbons (Fsp3) is 0.417. The Morgan fingerprint density at radius 1 is 1.40 bits per heavy atom. The zero-order chi connectivity index (χ0) is 11.6. The Labute approximate surface area is 98.8 Å². The highest BCUT2D eigenvalue weighted by Gasteiger charge is 2.14. The Bertz CT molecular complexity index is 397. The molecule has 0 spiro atoms. The van der Waals surface area contributed by atoms with Crippen molar-refractivity contribution >= 4 is 21.7 Å². The molecule has 0 fully saturated rings. The van der Waals surface area contributed by atoms with Crippen LogP contribution in [-0.2, 0) is 11.2 Å². The Balaban J connectivity index is 3.35. The van der Waals surface area contributed by atoms with Crippen molar-refractivity contribution in [3.05, 3.63) is 27.2 Å². The van der Waals surface area contributed by atoms with Crippen LogP contribution in [-0.4, -0.2) is 12.9 Å². The van der Waals surface area contributed by atoms with Gasteiger partial charge in [0.2, 0.25) is 0 Å². The smallest absolute Gasteiger partial charge is 0.137 e. The second-order valence-electron chi connectivity index (χ2n) is 3.71. The topological polar surface area (TPSA) is 26.3 Å². The van der Waals surface area contributed by atoms with Crippen LogP contribution in [0.25, 0.3) is 0 Å². The highest BCUT2D eigenvalue weighted by Crippen LogP contribution is 2.34. The molecule has 0 aliphatic carbocycles. The van der Waals surface area contributed by atoms with Gasteiger partial charge in [-0.3, -0.25) is 4.79 Å². The van der Waals surface area contributed by atoms with Crippen molar-refractivity contribution in [2.45, 2.75) is 27.2 Å². The highest BCUT2D eigenvalue weighted by atomic mass is 79.9. The lowest BCUT2D eigenvalue weighted by molar-refractivity contribution is -0.116. The van der Waals surface area contributed by atoms with Crippen LogP contribution in [0.4, 0.5) is 0 Å². The van der Waals surface area contributed by atoms with Gasteiger partial charge in [0.05, 0.1) is 11.6 Å². The van der Waals surface area contributed by atoms with E-state index in [4.69, 9.17) is 4.74 Å². The number of ketones is 1. The third-order valence-corrected chi connectivity index (χ3v) is 3.34. The maximum atomic E-state index is 11.2. The van der Waals surface area contributed by atoms with Gasteiger partial charge in [0, 0.05) is 12.0 Å². The van der Waals surface area contributed by atoms with E-state index in [1.54, 1.807) is 14.0 Å². The van der Waals surface area contributed by atoms with E-state index in [0.29, 0.717) is 6.42 Å². The molecule has 0 atom stereocenters. The zero-order valence-corrected chi connectivity index (χ0v) is 11.1. The number of hydrogen-bond donors (Lipinski definition) is 0. The van der Waals surface area contributed by atoms with Crippen LogP contribution < -0.4 is 4.74 Å². The summed E-state index contributed by atoms with van der Waals surface area (Å²) in [4.78, 5) is 11.2. The summed E-state index contributed by atoms with van der Waals surface area (Å²) in [7, 11) is 1.63. The number of methoxy groups -OCH3 is 1. The van der Waals surface area contributed by atoms with Crippen LogP contribution >= 0.6 is 15.9 Å². The van der Waals surface area contributed by atoms with Gasteiger partial charge in [0.1, 0.15) is 11.5 Å². The molecule has 1 rings (SSSR count). The van der Waals surface area contributed by atoms with Gasteiger partial charge in [0.25, 0.3) is 0 Å². The van der Waals surface area contributed by atoms with Crippen molar-refractivity contribution in [1.29, 1.82) is 0 Å². The predicted molar refractivity (Wildman–Crippen MR) is 64.6 cm³/mol. The molecule has 82 valence electrons. The quantitative estimate of drug-likeness (QED) is 0.843. The molecule has 0 unspecified atom stereocenters.